The predicted octanol–water partition coefficient (Wildman–Crippen LogP) is 3.54. The number of nitro groups is 1. The Hall–Kier alpha value is -3.15. The van der Waals surface area contributed by atoms with Crippen molar-refractivity contribution in [2.45, 2.75) is 6.92 Å². The molecule has 3 rings (SSSR count). The van der Waals surface area contributed by atoms with E-state index in [0.29, 0.717) is 11.1 Å². The molecule has 0 radical (unpaired) electrons. The van der Waals surface area contributed by atoms with Gasteiger partial charge in [-0.15, -0.1) is 0 Å². The van der Waals surface area contributed by atoms with Gasteiger partial charge in [0.25, 0.3) is 11.2 Å². The lowest BCUT2D eigenvalue weighted by molar-refractivity contribution is -0.383. The molecule has 2 aromatic carbocycles. The molecule has 0 spiro atoms. The van der Waals surface area contributed by atoms with Crippen LogP contribution in [0.3, 0.4) is 0 Å². The molecule has 3 aromatic rings. The Morgan fingerprint density at radius 2 is 1.86 bits per heavy atom. The third-order valence-electron chi connectivity index (χ3n) is 3.33. The molecular weight excluding hydrogens is 284 g/mol. The molecule has 6 nitrogen and oxygen atoms in total. The molecule has 0 aliphatic rings. The lowest BCUT2D eigenvalue weighted by atomic mass is 10.1. The van der Waals surface area contributed by atoms with Crippen molar-refractivity contribution in [1.29, 1.82) is 0 Å². The Morgan fingerprint density at radius 3 is 2.59 bits per heavy atom. The van der Waals surface area contributed by atoms with E-state index in [2.05, 4.69) is 4.98 Å². The van der Waals surface area contributed by atoms with Gasteiger partial charge in [0.2, 0.25) is 0 Å². The van der Waals surface area contributed by atoms with E-state index in [-0.39, 0.29) is 17.0 Å². The number of hydrogen-bond donors (Lipinski definition) is 1. The molecular formula is C16H12N2O4. The second-order valence-corrected chi connectivity index (χ2v) is 4.82. The van der Waals surface area contributed by atoms with Crippen LogP contribution in [0.2, 0.25) is 0 Å². The fraction of sp³-hybridized carbons (Fsp3) is 0.0625. The van der Waals surface area contributed by atoms with Crippen molar-refractivity contribution >= 4 is 16.6 Å². The quantitative estimate of drug-likeness (QED) is 0.591. The Labute approximate surface area is 125 Å². The summed E-state index contributed by atoms with van der Waals surface area (Å²) in [4.78, 5) is 24.9. The van der Waals surface area contributed by atoms with Gasteiger partial charge in [-0.3, -0.25) is 14.9 Å². The maximum Gasteiger partial charge on any atom is 0.293 e. The number of H-pyrrole nitrogens is 1. The van der Waals surface area contributed by atoms with Crippen LogP contribution in [0.25, 0.3) is 10.9 Å². The summed E-state index contributed by atoms with van der Waals surface area (Å²) in [6, 6.07) is 13.2. The number of aromatic amines is 1. The lowest BCUT2D eigenvalue weighted by Crippen LogP contribution is -2.06. The van der Waals surface area contributed by atoms with E-state index in [9.17, 15) is 14.9 Å². The highest BCUT2D eigenvalue weighted by Gasteiger charge is 2.16. The minimum atomic E-state index is -0.532. The lowest BCUT2D eigenvalue weighted by Gasteiger charge is -2.10. The van der Waals surface area contributed by atoms with Crippen LogP contribution in [0.15, 0.2) is 53.3 Å². The van der Waals surface area contributed by atoms with Gasteiger partial charge in [0, 0.05) is 17.5 Å². The third-order valence-corrected chi connectivity index (χ3v) is 3.33. The van der Waals surface area contributed by atoms with Crippen LogP contribution in [0, 0.1) is 17.0 Å². The summed E-state index contributed by atoms with van der Waals surface area (Å²) in [7, 11) is 0. The van der Waals surface area contributed by atoms with E-state index in [1.807, 2.05) is 25.1 Å². The van der Waals surface area contributed by atoms with Crippen LogP contribution in [-0.4, -0.2) is 9.91 Å². The van der Waals surface area contributed by atoms with E-state index in [1.165, 1.54) is 12.1 Å². The molecule has 0 fully saturated rings. The number of benzene rings is 2. The number of nitrogens with one attached hydrogen (secondary N) is 1. The summed E-state index contributed by atoms with van der Waals surface area (Å²) in [5.74, 6) is 0.887. The summed E-state index contributed by atoms with van der Waals surface area (Å²) in [6.45, 7) is 1.88. The first-order valence-corrected chi connectivity index (χ1v) is 6.60. The van der Waals surface area contributed by atoms with Gasteiger partial charge in [0.1, 0.15) is 17.0 Å². The SMILES string of the molecule is Cc1ccccc1Oc1cc(=O)[nH]c2c([N+](=O)[O-])cccc12. The van der Waals surface area contributed by atoms with E-state index >= 15 is 0 Å². The molecule has 22 heavy (non-hydrogen) atoms. The Kier molecular flexibility index (Phi) is 3.34. The van der Waals surface area contributed by atoms with Gasteiger partial charge in [-0.25, -0.2) is 0 Å². The minimum Gasteiger partial charge on any atom is -0.456 e. The van der Waals surface area contributed by atoms with Crippen molar-refractivity contribution in [2.24, 2.45) is 0 Å². The summed E-state index contributed by atoms with van der Waals surface area (Å²) < 4.78 is 5.80. The number of hydrogen-bond acceptors (Lipinski definition) is 4. The van der Waals surface area contributed by atoms with Crippen LogP contribution in [0.4, 0.5) is 5.69 Å². The second-order valence-electron chi connectivity index (χ2n) is 4.82. The second kappa shape index (κ2) is 5.33. The Morgan fingerprint density at radius 1 is 1.09 bits per heavy atom. The van der Waals surface area contributed by atoms with Gasteiger partial charge in [0.15, 0.2) is 0 Å². The van der Waals surface area contributed by atoms with Crippen LogP contribution in [-0.2, 0) is 0 Å². The molecule has 0 saturated heterocycles. The zero-order valence-electron chi connectivity index (χ0n) is 11.7. The van der Waals surface area contributed by atoms with Crippen LogP contribution < -0.4 is 10.3 Å². The molecule has 0 bridgehead atoms. The average molecular weight is 296 g/mol. The van der Waals surface area contributed by atoms with E-state index in [1.54, 1.807) is 18.2 Å². The smallest absolute Gasteiger partial charge is 0.293 e. The van der Waals surface area contributed by atoms with Crippen molar-refractivity contribution in [3.8, 4) is 11.5 Å². The highest BCUT2D eigenvalue weighted by Crippen LogP contribution is 2.32. The number of pyridine rings is 1. The van der Waals surface area contributed by atoms with Crippen molar-refractivity contribution in [1.82, 2.24) is 4.98 Å². The van der Waals surface area contributed by atoms with Crippen LogP contribution >= 0.6 is 0 Å². The topological polar surface area (TPSA) is 85.2 Å². The number of ether oxygens (including phenoxy) is 1. The summed E-state index contributed by atoms with van der Waals surface area (Å²) in [5.41, 5.74) is 0.445. The number of para-hydroxylation sites is 2. The zero-order chi connectivity index (χ0) is 15.7. The number of nitro benzene ring substituents is 1. The molecule has 1 aromatic heterocycles. The maximum absolute atomic E-state index is 11.8. The van der Waals surface area contributed by atoms with Crippen LogP contribution in [0.1, 0.15) is 5.56 Å². The number of fused-ring (bicyclic) bond motifs is 1. The van der Waals surface area contributed by atoms with Gasteiger partial charge >= 0.3 is 0 Å². The van der Waals surface area contributed by atoms with E-state index < -0.39 is 10.5 Å². The first-order valence-electron chi connectivity index (χ1n) is 6.60. The van der Waals surface area contributed by atoms with E-state index in [4.69, 9.17) is 4.74 Å². The zero-order valence-corrected chi connectivity index (χ0v) is 11.7. The highest BCUT2D eigenvalue weighted by atomic mass is 16.6. The molecule has 110 valence electrons. The monoisotopic (exact) mass is 296 g/mol. The molecule has 0 atom stereocenters. The molecule has 1 heterocycles. The van der Waals surface area contributed by atoms with Gasteiger partial charge in [0.05, 0.1) is 4.92 Å². The number of nitrogens with zero attached hydrogens (tertiary/aromatic N) is 1. The fourth-order valence-electron chi connectivity index (χ4n) is 2.26. The first kappa shape index (κ1) is 13.8. The van der Waals surface area contributed by atoms with Crippen molar-refractivity contribution in [3.63, 3.8) is 0 Å². The van der Waals surface area contributed by atoms with Crippen molar-refractivity contribution < 1.29 is 9.66 Å². The molecule has 0 unspecified atom stereocenters. The molecule has 0 saturated carbocycles. The highest BCUT2D eigenvalue weighted by molar-refractivity contribution is 5.91. The fourth-order valence-corrected chi connectivity index (χ4v) is 2.26. The molecule has 1 N–H and O–H groups in total. The summed E-state index contributed by atoms with van der Waals surface area (Å²) >= 11 is 0. The molecule has 0 aliphatic heterocycles. The van der Waals surface area contributed by atoms with Gasteiger partial charge in [-0.2, -0.15) is 0 Å². The maximum atomic E-state index is 11.8. The molecule has 0 aliphatic carbocycles. The minimum absolute atomic E-state index is 0.156. The third kappa shape index (κ3) is 2.42. The van der Waals surface area contributed by atoms with Gasteiger partial charge in [-0.1, -0.05) is 24.3 Å². The predicted molar refractivity (Wildman–Crippen MR) is 82.5 cm³/mol. The van der Waals surface area contributed by atoms with Crippen molar-refractivity contribution in [3.05, 3.63) is 74.6 Å². The first-order chi connectivity index (χ1) is 10.6. The number of rotatable bonds is 3. The number of non-ortho nitro benzene ring substituents is 1. The van der Waals surface area contributed by atoms with E-state index in [0.717, 1.165) is 5.56 Å². The summed E-state index contributed by atoms with van der Waals surface area (Å²) in [5, 5.41) is 11.6. The molecule has 0 amide bonds. The normalized spacial score (nSPS) is 10.6. The van der Waals surface area contributed by atoms with Gasteiger partial charge < -0.3 is 9.72 Å². The summed E-state index contributed by atoms with van der Waals surface area (Å²) in [6.07, 6.45) is 0. The standard InChI is InChI=1S/C16H12N2O4/c1-10-5-2-3-8-13(10)22-14-9-15(19)17-16-11(14)6-4-7-12(16)18(20)21/h2-9H,1H3,(H,17,19). The number of aromatic nitrogens is 1. The average Bonchev–Trinajstić information content (AvgIpc) is 2.48. The Balaban J connectivity index is 2.22. The molecule has 6 heteroatoms. The van der Waals surface area contributed by atoms with Crippen molar-refractivity contribution in [2.75, 3.05) is 0 Å². The van der Waals surface area contributed by atoms with Crippen LogP contribution in [0.5, 0.6) is 11.5 Å². The number of aryl methyl sites for hydroxylation is 1. The van der Waals surface area contributed by atoms with Gasteiger partial charge in [-0.05, 0) is 24.6 Å². The largest absolute Gasteiger partial charge is 0.456 e. The Bertz CT molecular complexity index is 931.